The minimum absolute atomic E-state index is 0.0556. The van der Waals surface area contributed by atoms with Gasteiger partial charge in [-0.05, 0) is 19.3 Å². The van der Waals surface area contributed by atoms with Crippen molar-refractivity contribution in [3.63, 3.8) is 0 Å². The van der Waals surface area contributed by atoms with Crippen molar-refractivity contribution in [1.82, 2.24) is 20.3 Å². The number of ether oxygens (including phenoxy) is 1. The quantitative estimate of drug-likeness (QED) is 0.577. The van der Waals surface area contributed by atoms with Crippen LogP contribution in [0.1, 0.15) is 49.8 Å². The van der Waals surface area contributed by atoms with Crippen molar-refractivity contribution in [2.45, 2.75) is 47.1 Å². The Morgan fingerprint density at radius 3 is 2.71 bits per heavy atom. The molecule has 0 saturated carbocycles. The number of rotatable bonds is 8. The minimum atomic E-state index is -0.501. The summed E-state index contributed by atoms with van der Waals surface area (Å²) in [6.45, 7) is 8.71. The van der Waals surface area contributed by atoms with E-state index in [4.69, 9.17) is 4.74 Å². The van der Waals surface area contributed by atoms with E-state index in [1.165, 1.54) is 4.68 Å². The Bertz CT molecular complexity index is 483. The molecule has 1 N–H and O–H groups in total. The molecule has 0 radical (unpaired) electrons. The van der Waals surface area contributed by atoms with Gasteiger partial charge in [-0.3, -0.25) is 4.79 Å². The first-order valence-electron chi connectivity index (χ1n) is 7.29. The molecule has 1 rings (SSSR count). The molecule has 1 amide bonds. The van der Waals surface area contributed by atoms with E-state index >= 15 is 0 Å². The van der Waals surface area contributed by atoms with E-state index in [-0.39, 0.29) is 24.1 Å². The number of carbonyl (C=O) groups is 2. The van der Waals surface area contributed by atoms with Crippen molar-refractivity contribution >= 4 is 11.9 Å². The van der Waals surface area contributed by atoms with Crippen molar-refractivity contribution in [2.75, 3.05) is 13.2 Å². The molecule has 1 aromatic rings. The second-order valence-corrected chi connectivity index (χ2v) is 5.38. The van der Waals surface area contributed by atoms with Gasteiger partial charge in [-0.2, -0.15) is 0 Å². The van der Waals surface area contributed by atoms with E-state index in [9.17, 15) is 9.59 Å². The number of carbonyl (C=O) groups excluding carboxylic acids is 2. The zero-order valence-electron chi connectivity index (χ0n) is 13.2. The molecule has 21 heavy (non-hydrogen) atoms. The minimum Gasteiger partial charge on any atom is -0.461 e. The van der Waals surface area contributed by atoms with Gasteiger partial charge in [-0.15, -0.1) is 5.10 Å². The van der Waals surface area contributed by atoms with E-state index in [0.717, 1.165) is 12.8 Å². The Labute approximate surface area is 125 Å². The first kappa shape index (κ1) is 17.1. The van der Waals surface area contributed by atoms with Crippen molar-refractivity contribution < 1.29 is 14.3 Å². The SMILES string of the molecule is CCCCNC(=O)Cn1nnc(C(=O)OCC(C)C)c1C. The van der Waals surface area contributed by atoms with Crippen LogP contribution in [0.3, 0.4) is 0 Å². The van der Waals surface area contributed by atoms with Gasteiger partial charge in [-0.25, -0.2) is 9.48 Å². The molecule has 7 heteroatoms. The molecule has 1 heterocycles. The van der Waals surface area contributed by atoms with Gasteiger partial charge in [-0.1, -0.05) is 32.4 Å². The van der Waals surface area contributed by atoms with Crippen LogP contribution in [0.25, 0.3) is 0 Å². The number of hydrogen-bond acceptors (Lipinski definition) is 5. The van der Waals surface area contributed by atoms with Crippen LogP contribution in [0.4, 0.5) is 0 Å². The maximum Gasteiger partial charge on any atom is 0.360 e. The lowest BCUT2D eigenvalue weighted by Gasteiger charge is -2.07. The second-order valence-electron chi connectivity index (χ2n) is 5.38. The lowest BCUT2D eigenvalue weighted by Crippen LogP contribution is -2.29. The van der Waals surface area contributed by atoms with Crippen LogP contribution in [0, 0.1) is 12.8 Å². The molecule has 0 unspecified atom stereocenters. The predicted molar refractivity (Wildman–Crippen MR) is 77.8 cm³/mol. The molecule has 0 aliphatic heterocycles. The Balaban J connectivity index is 2.58. The largest absolute Gasteiger partial charge is 0.461 e. The smallest absolute Gasteiger partial charge is 0.360 e. The number of aromatic nitrogens is 3. The number of nitrogens with one attached hydrogen (secondary N) is 1. The van der Waals surface area contributed by atoms with Crippen LogP contribution in [0.2, 0.25) is 0 Å². The average molecular weight is 296 g/mol. The average Bonchev–Trinajstić information content (AvgIpc) is 2.78. The van der Waals surface area contributed by atoms with Crippen LogP contribution in [0.15, 0.2) is 0 Å². The second kappa shape index (κ2) is 8.39. The first-order chi connectivity index (χ1) is 9.95. The van der Waals surface area contributed by atoms with Gasteiger partial charge >= 0.3 is 5.97 Å². The summed E-state index contributed by atoms with van der Waals surface area (Å²) in [5.74, 6) is -0.383. The molecular weight excluding hydrogens is 272 g/mol. The molecule has 7 nitrogen and oxygen atoms in total. The van der Waals surface area contributed by atoms with E-state index in [1.54, 1.807) is 6.92 Å². The first-order valence-corrected chi connectivity index (χ1v) is 7.29. The monoisotopic (exact) mass is 296 g/mol. The molecule has 118 valence electrons. The summed E-state index contributed by atoms with van der Waals surface area (Å²) in [5, 5.41) is 10.4. The Morgan fingerprint density at radius 2 is 2.10 bits per heavy atom. The third-order valence-corrected chi connectivity index (χ3v) is 2.87. The third-order valence-electron chi connectivity index (χ3n) is 2.87. The predicted octanol–water partition coefficient (Wildman–Crippen LogP) is 1.32. The summed E-state index contributed by atoms with van der Waals surface area (Å²) in [6, 6.07) is 0. The number of hydrogen-bond donors (Lipinski definition) is 1. The summed E-state index contributed by atoms with van der Waals surface area (Å²) in [7, 11) is 0. The fraction of sp³-hybridized carbons (Fsp3) is 0.714. The van der Waals surface area contributed by atoms with Crippen LogP contribution in [-0.4, -0.2) is 40.0 Å². The van der Waals surface area contributed by atoms with Crippen LogP contribution < -0.4 is 5.32 Å². The van der Waals surface area contributed by atoms with Gasteiger partial charge in [0.05, 0.1) is 12.3 Å². The summed E-state index contributed by atoms with van der Waals surface area (Å²) in [5.41, 5.74) is 0.700. The number of nitrogens with zero attached hydrogens (tertiary/aromatic N) is 3. The highest BCUT2D eigenvalue weighted by Crippen LogP contribution is 2.06. The van der Waals surface area contributed by atoms with Gasteiger partial charge in [0.15, 0.2) is 5.69 Å². The normalized spacial score (nSPS) is 10.7. The van der Waals surface area contributed by atoms with Crippen molar-refractivity contribution in [3.05, 3.63) is 11.4 Å². The molecular formula is C14H24N4O3. The van der Waals surface area contributed by atoms with Gasteiger partial charge in [0, 0.05) is 6.54 Å². The molecule has 0 fully saturated rings. The highest BCUT2D eigenvalue weighted by molar-refractivity contribution is 5.88. The van der Waals surface area contributed by atoms with E-state index < -0.39 is 5.97 Å². The van der Waals surface area contributed by atoms with Gasteiger partial charge in [0.2, 0.25) is 5.91 Å². The molecule has 0 aliphatic carbocycles. The molecule has 0 saturated heterocycles. The zero-order valence-corrected chi connectivity index (χ0v) is 13.2. The fourth-order valence-corrected chi connectivity index (χ4v) is 1.61. The van der Waals surface area contributed by atoms with E-state index in [0.29, 0.717) is 18.8 Å². The molecule has 0 bridgehead atoms. The van der Waals surface area contributed by atoms with Crippen molar-refractivity contribution in [1.29, 1.82) is 0 Å². The Kier molecular flexibility index (Phi) is 6.84. The molecule has 0 atom stereocenters. The Hall–Kier alpha value is -1.92. The maximum absolute atomic E-state index is 11.8. The van der Waals surface area contributed by atoms with Crippen LogP contribution >= 0.6 is 0 Å². The third kappa shape index (κ3) is 5.53. The number of unbranched alkanes of at least 4 members (excludes halogenated alkanes) is 1. The summed E-state index contributed by atoms with van der Waals surface area (Å²) < 4.78 is 6.52. The zero-order chi connectivity index (χ0) is 15.8. The summed E-state index contributed by atoms with van der Waals surface area (Å²) in [6.07, 6.45) is 1.96. The molecule has 0 aliphatic rings. The molecule has 0 aromatic carbocycles. The lowest BCUT2D eigenvalue weighted by molar-refractivity contribution is -0.121. The highest BCUT2D eigenvalue weighted by atomic mass is 16.5. The summed E-state index contributed by atoms with van der Waals surface area (Å²) >= 11 is 0. The van der Waals surface area contributed by atoms with Crippen LogP contribution in [0.5, 0.6) is 0 Å². The highest BCUT2D eigenvalue weighted by Gasteiger charge is 2.19. The topological polar surface area (TPSA) is 86.1 Å². The van der Waals surface area contributed by atoms with Crippen molar-refractivity contribution in [3.8, 4) is 0 Å². The summed E-state index contributed by atoms with van der Waals surface area (Å²) in [4.78, 5) is 23.6. The molecule has 0 spiro atoms. The van der Waals surface area contributed by atoms with Gasteiger partial charge in [0.1, 0.15) is 6.54 Å². The number of amides is 1. The van der Waals surface area contributed by atoms with Gasteiger partial charge in [0.25, 0.3) is 0 Å². The van der Waals surface area contributed by atoms with E-state index in [1.807, 2.05) is 13.8 Å². The fourth-order valence-electron chi connectivity index (χ4n) is 1.61. The maximum atomic E-state index is 11.8. The van der Waals surface area contributed by atoms with Gasteiger partial charge < -0.3 is 10.1 Å². The Morgan fingerprint density at radius 1 is 1.38 bits per heavy atom. The van der Waals surface area contributed by atoms with Crippen molar-refractivity contribution in [2.24, 2.45) is 5.92 Å². The van der Waals surface area contributed by atoms with Crippen LogP contribution in [-0.2, 0) is 16.1 Å². The number of esters is 1. The van der Waals surface area contributed by atoms with E-state index in [2.05, 4.69) is 22.6 Å². The lowest BCUT2D eigenvalue weighted by atomic mass is 10.2. The standard InChI is InChI=1S/C14H24N4O3/c1-5-6-7-15-12(19)8-18-11(4)13(16-17-18)14(20)21-9-10(2)3/h10H,5-9H2,1-4H3,(H,15,19). The molecule has 1 aromatic heterocycles.